The molecule has 1 aliphatic carbocycles. The van der Waals surface area contributed by atoms with E-state index in [0.29, 0.717) is 44.3 Å². The van der Waals surface area contributed by atoms with Crippen LogP contribution in [0.2, 0.25) is 0 Å². The molecule has 30 heavy (non-hydrogen) atoms. The second kappa shape index (κ2) is 15.4. The van der Waals surface area contributed by atoms with Crippen molar-refractivity contribution in [1.29, 1.82) is 0 Å². The molecule has 0 aromatic rings. The Morgan fingerprint density at radius 2 is 2.00 bits per heavy atom. The van der Waals surface area contributed by atoms with Crippen molar-refractivity contribution in [3.63, 3.8) is 0 Å². The first-order chi connectivity index (χ1) is 14.4. The minimum atomic E-state index is -0.748. The summed E-state index contributed by atoms with van der Waals surface area (Å²) in [7, 11) is 0. The maximum absolute atomic E-state index is 12.6. The molecule has 0 bridgehead atoms. The lowest BCUT2D eigenvalue weighted by molar-refractivity contribution is -0.142. The average molecular weight is 439 g/mol. The van der Waals surface area contributed by atoms with Gasteiger partial charge in [0.25, 0.3) is 0 Å². The number of allylic oxidation sites excluding steroid dienone is 4. The van der Waals surface area contributed by atoms with Crippen molar-refractivity contribution in [3.8, 4) is 0 Å². The summed E-state index contributed by atoms with van der Waals surface area (Å²) in [6.45, 7) is 4.00. The zero-order chi connectivity index (χ0) is 22.4. The van der Waals surface area contributed by atoms with Crippen LogP contribution in [0.3, 0.4) is 0 Å². The van der Waals surface area contributed by atoms with Crippen molar-refractivity contribution < 1.29 is 24.9 Å². The highest BCUT2D eigenvalue weighted by molar-refractivity contribution is 8.00. The van der Waals surface area contributed by atoms with Crippen LogP contribution in [0.15, 0.2) is 36.5 Å². The summed E-state index contributed by atoms with van der Waals surface area (Å²) in [5.74, 6) is -0.219. The van der Waals surface area contributed by atoms with Crippen molar-refractivity contribution in [3.05, 3.63) is 36.5 Å². The van der Waals surface area contributed by atoms with Crippen LogP contribution in [0.4, 0.5) is 0 Å². The van der Waals surface area contributed by atoms with Gasteiger partial charge in [-0.25, -0.2) is 0 Å². The Morgan fingerprint density at radius 3 is 2.63 bits per heavy atom. The molecule has 0 spiro atoms. The number of aliphatic carboxylic acids is 1. The highest BCUT2D eigenvalue weighted by atomic mass is 32.2. The topological polar surface area (TPSA) is 94.8 Å². The number of aliphatic hydroxyl groups excluding tert-OH is 2. The number of Topliss-reactive ketones (excluding diaryl/α,β-unsaturated/α-hetero) is 1. The number of aliphatic hydroxyl groups is 2. The second-order valence-electron chi connectivity index (χ2n) is 7.78. The number of hydrogen-bond donors (Lipinski definition) is 3. The molecule has 2 unspecified atom stereocenters. The molecule has 0 heterocycles. The van der Waals surface area contributed by atoms with E-state index >= 15 is 0 Å². The Labute approximate surface area is 185 Å². The smallest absolute Gasteiger partial charge is 0.306 e. The van der Waals surface area contributed by atoms with Gasteiger partial charge in [0.05, 0.1) is 18.6 Å². The lowest BCUT2D eigenvalue weighted by Gasteiger charge is -2.19. The van der Waals surface area contributed by atoms with Crippen LogP contribution in [-0.2, 0) is 9.59 Å². The predicted molar refractivity (Wildman–Crippen MR) is 124 cm³/mol. The van der Waals surface area contributed by atoms with E-state index in [4.69, 9.17) is 10.2 Å². The fourth-order valence-corrected chi connectivity index (χ4v) is 4.98. The fraction of sp³-hybridized carbons (Fsp3) is 0.667. The molecule has 1 rings (SSSR count). The van der Waals surface area contributed by atoms with Gasteiger partial charge in [0.2, 0.25) is 0 Å². The standard InChI is InChI=1S/C24H38O5S/c1-3-5-11-19(26)12-9-14-21-20(22(27)17-23(21)30-16-15-25)13-8-6-7-10-18(4-2)24(28)29/h5-6,8-9,11,14,18-21,23,25-26H,3-4,7,10,12-13,15-17H2,1-2H3,(H,28,29)/t18?,19?,20-,21-,23-/m1/s1. The van der Waals surface area contributed by atoms with E-state index in [1.54, 1.807) is 17.8 Å². The number of ketones is 1. The Balaban J connectivity index is 2.69. The number of rotatable bonds is 15. The minimum absolute atomic E-state index is 0.0865. The zero-order valence-corrected chi connectivity index (χ0v) is 19.1. The number of carbonyl (C=O) groups excluding carboxylic acids is 1. The number of hydrogen-bond acceptors (Lipinski definition) is 5. The van der Waals surface area contributed by atoms with E-state index in [2.05, 4.69) is 6.08 Å². The normalized spacial score (nSPS) is 24.4. The van der Waals surface area contributed by atoms with Crippen molar-refractivity contribution >= 4 is 23.5 Å². The van der Waals surface area contributed by atoms with Gasteiger partial charge in [0, 0.05) is 23.3 Å². The second-order valence-corrected chi connectivity index (χ2v) is 9.13. The maximum atomic E-state index is 12.6. The van der Waals surface area contributed by atoms with E-state index in [1.807, 2.05) is 38.2 Å². The molecule has 0 radical (unpaired) electrons. The number of carboxylic acid groups (broad SMARTS) is 1. The van der Waals surface area contributed by atoms with Crippen LogP contribution in [0.25, 0.3) is 0 Å². The van der Waals surface area contributed by atoms with E-state index in [9.17, 15) is 14.7 Å². The molecule has 0 amide bonds. The van der Waals surface area contributed by atoms with Gasteiger partial charge in [0.1, 0.15) is 5.78 Å². The summed E-state index contributed by atoms with van der Waals surface area (Å²) in [4.78, 5) is 23.7. The summed E-state index contributed by atoms with van der Waals surface area (Å²) >= 11 is 1.64. The third-order valence-corrected chi connectivity index (χ3v) is 6.87. The van der Waals surface area contributed by atoms with Crippen LogP contribution in [0.5, 0.6) is 0 Å². The van der Waals surface area contributed by atoms with Crippen LogP contribution in [0, 0.1) is 17.8 Å². The molecular formula is C24H38O5S. The summed E-state index contributed by atoms with van der Waals surface area (Å²) < 4.78 is 0. The Kier molecular flexibility index (Phi) is 13.7. The molecule has 1 aliphatic rings. The lowest BCUT2D eigenvalue weighted by Crippen LogP contribution is -2.17. The van der Waals surface area contributed by atoms with E-state index in [-0.39, 0.29) is 35.4 Å². The number of carboxylic acids is 1. The molecule has 0 aliphatic heterocycles. The molecule has 170 valence electrons. The lowest BCUT2D eigenvalue weighted by atomic mass is 9.91. The van der Waals surface area contributed by atoms with Crippen LogP contribution in [0.1, 0.15) is 58.8 Å². The van der Waals surface area contributed by atoms with Gasteiger partial charge >= 0.3 is 5.97 Å². The first-order valence-electron chi connectivity index (χ1n) is 11.1. The van der Waals surface area contributed by atoms with Crippen LogP contribution < -0.4 is 0 Å². The Morgan fingerprint density at radius 1 is 1.23 bits per heavy atom. The maximum Gasteiger partial charge on any atom is 0.306 e. The summed E-state index contributed by atoms with van der Waals surface area (Å²) in [6, 6.07) is 0. The Bertz CT molecular complexity index is 598. The summed E-state index contributed by atoms with van der Waals surface area (Å²) in [5.41, 5.74) is 0. The van der Waals surface area contributed by atoms with Gasteiger partial charge in [0.15, 0.2) is 0 Å². The predicted octanol–water partition coefficient (Wildman–Crippen LogP) is 4.40. The molecule has 6 heteroatoms. The largest absolute Gasteiger partial charge is 0.481 e. The molecule has 0 aromatic carbocycles. The van der Waals surface area contributed by atoms with Crippen molar-refractivity contribution in [2.24, 2.45) is 17.8 Å². The SMILES string of the molecule is CCC=CC(O)CC=C[C@H]1[C@H](SCCO)CC(=O)[C@@H]1CC=CCCC(CC)C(=O)O. The molecular weight excluding hydrogens is 400 g/mol. The molecule has 0 aromatic heterocycles. The third-order valence-electron chi connectivity index (χ3n) is 5.54. The van der Waals surface area contributed by atoms with Gasteiger partial charge < -0.3 is 15.3 Å². The molecule has 5 nitrogen and oxygen atoms in total. The van der Waals surface area contributed by atoms with Gasteiger partial charge in [-0.05, 0) is 44.4 Å². The molecule has 0 saturated heterocycles. The third kappa shape index (κ3) is 9.63. The number of carbonyl (C=O) groups is 2. The monoisotopic (exact) mass is 438 g/mol. The molecule has 1 fully saturated rings. The Hall–Kier alpha value is -1.37. The average Bonchev–Trinajstić information content (AvgIpc) is 3.01. The fourth-order valence-electron chi connectivity index (χ4n) is 3.79. The first-order valence-corrected chi connectivity index (χ1v) is 12.1. The number of thioether (sulfide) groups is 1. The van der Waals surface area contributed by atoms with Gasteiger partial charge in [-0.15, -0.1) is 0 Å². The van der Waals surface area contributed by atoms with E-state index in [1.165, 1.54) is 0 Å². The minimum Gasteiger partial charge on any atom is -0.481 e. The molecule has 3 N–H and O–H groups in total. The van der Waals surface area contributed by atoms with Gasteiger partial charge in [-0.2, -0.15) is 11.8 Å². The van der Waals surface area contributed by atoms with Crippen molar-refractivity contribution in [2.45, 2.75) is 70.1 Å². The first kappa shape index (κ1) is 26.7. The highest BCUT2D eigenvalue weighted by Crippen LogP contribution is 2.40. The zero-order valence-electron chi connectivity index (χ0n) is 18.3. The van der Waals surface area contributed by atoms with E-state index < -0.39 is 12.1 Å². The summed E-state index contributed by atoms with van der Waals surface area (Å²) in [6.07, 6.45) is 15.8. The molecule has 5 atom stereocenters. The summed E-state index contributed by atoms with van der Waals surface area (Å²) in [5, 5.41) is 28.4. The van der Waals surface area contributed by atoms with Crippen molar-refractivity contribution in [2.75, 3.05) is 12.4 Å². The molecule has 1 saturated carbocycles. The van der Waals surface area contributed by atoms with Crippen LogP contribution >= 0.6 is 11.8 Å². The highest BCUT2D eigenvalue weighted by Gasteiger charge is 2.40. The van der Waals surface area contributed by atoms with Gasteiger partial charge in [-0.3, -0.25) is 9.59 Å². The van der Waals surface area contributed by atoms with Crippen LogP contribution in [-0.4, -0.2) is 50.8 Å². The van der Waals surface area contributed by atoms with Crippen molar-refractivity contribution in [1.82, 2.24) is 0 Å². The quantitative estimate of drug-likeness (QED) is 0.328. The van der Waals surface area contributed by atoms with Gasteiger partial charge in [-0.1, -0.05) is 50.3 Å². The van der Waals surface area contributed by atoms with E-state index in [0.717, 1.165) is 6.42 Å².